The first-order valence-corrected chi connectivity index (χ1v) is 33.7. The summed E-state index contributed by atoms with van der Waals surface area (Å²) in [6.07, 6.45) is 90.0. The fourth-order valence-corrected chi connectivity index (χ4v) is 9.50. The molecule has 1 unspecified atom stereocenters. The number of carbonyl (C=O) groups is 3. The molecule has 0 spiro atoms. The van der Waals surface area contributed by atoms with Gasteiger partial charge in [0.15, 0.2) is 6.10 Å². The van der Waals surface area contributed by atoms with Crippen LogP contribution in [0.25, 0.3) is 0 Å². The second kappa shape index (κ2) is 66.8. The Morgan fingerprint density at radius 3 is 0.823 bits per heavy atom. The van der Waals surface area contributed by atoms with Crippen molar-refractivity contribution in [2.24, 2.45) is 0 Å². The van der Waals surface area contributed by atoms with Crippen LogP contribution in [-0.2, 0) is 28.6 Å². The van der Waals surface area contributed by atoms with Crippen molar-refractivity contribution in [1.29, 1.82) is 0 Å². The Kier molecular flexibility index (Phi) is 63.7. The minimum atomic E-state index is -0.800. The van der Waals surface area contributed by atoms with E-state index in [1.165, 1.54) is 186 Å². The smallest absolute Gasteiger partial charge is 0.306 e. The normalized spacial score (nSPS) is 12.7. The lowest BCUT2D eigenvalue weighted by atomic mass is 10.0. The Morgan fingerprint density at radius 1 is 0.266 bits per heavy atom. The van der Waals surface area contributed by atoms with Crippen LogP contribution in [-0.4, -0.2) is 37.2 Å². The van der Waals surface area contributed by atoms with Gasteiger partial charge in [-0.25, -0.2) is 0 Å². The van der Waals surface area contributed by atoms with Gasteiger partial charge in [0.25, 0.3) is 0 Å². The van der Waals surface area contributed by atoms with Crippen molar-refractivity contribution in [2.45, 2.75) is 335 Å². The van der Waals surface area contributed by atoms with Crippen LogP contribution in [0.5, 0.6) is 0 Å². The maximum Gasteiger partial charge on any atom is 0.306 e. The highest BCUT2D eigenvalue weighted by atomic mass is 16.6. The molecule has 0 saturated heterocycles. The minimum Gasteiger partial charge on any atom is -0.462 e. The standard InChI is InChI=1S/C73H126O6/c1-4-7-10-13-16-19-22-25-28-30-31-32-33-34-35-36-37-38-39-40-41-43-45-48-51-54-57-60-63-66-72(75)78-69-70(68-77-71(74)65-62-59-56-53-50-47-44-27-24-21-18-15-12-9-6-3)79-73(76)67-64-61-58-55-52-49-46-42-29-26-23-20-17-14-11-8-5-2/h9,12,17-18,20-22,25-27,29-31,44,50,53,70H,4-8,10-11,13-16,19,23-24,28,32-43,45-49,51-52,54-69H2,1-3H3/b12-9-,20-17-,21-18-,25-22-,29-26-,31-30-,44-27-,53-50-. The maximum absolute atomic E-state index is 12.9. The lowest BCUT2D eigenvalue weighted by molar-refractivity contribution is -0.167. The fourth-order valence-electron chi connectivity index (χ4n) is 9.50. The van der Waals surface area contributed by atoms with Crippen molar-refractivity contribution in [1.82, 2.24) is 0 Å². The molecule has 6 heteroatoms. The van der Waals surface area contributed by atoms with E-state index in [2.05, 4.69) is 118 Å². The van der Waals surface area contributed by atoms with Crippen molar-refractivity contribution < 1.29 is 28.6 Å². The molecule has 0 fully saturated rings. The molecule has 0 N–H and O–H groups in total. The number of esters is 3. The molecule has 6 nitrogen and oxygen atoms in total. The third-order valence-electron chi connectivity index (χ3n) is 14.5. The Bertz CT molecular complexity index is 1540. The van der Waals surface area contributed by atoms with Crippen LogP contribution in [0.2, 0.25) is 0 Å². The van der Waals surface area contributed by atoms with E-state index in [9.17, 15) is 14.4 Å². The summed E-state index contributed by atoms with van der Waals surface area (Å²) in [6.45, 7) is 6.48. The van der Waals surface area contributed by atoms with Crippen molar-refractivity contribution in [3.8, 4) is 0 Å². The van der Waals surface area contributed by atoms with E-state index >= 15 is 0 Å². The number of carbonyl (C=O) groups excluding carboxylic acids is 3. The highest BCUT2D eigenvalue weighted by molar-refractivity contribution is 5.71. The topological polar surface area (TPSA) is 78.9 Å². The van der Waals surface area contributed by atoms with E-state index in [0.29, 0.717) is 19.3 Å². The van der Waals surface area contributed by atoms with Gasteiger partial charge < -0.3 is 14.2 Å². The molecule has 79 heavy (non-hydrogen) atoms. The molecule has 0 aromatic rings. The summed E-state index contributed by atoms with van der Waals surface area (Å²) >= 11 is 0. The SMILES string of the molecule is CC/C=C\C/C=C\C/C=C\C/C=C\CCCCC(=O)OCC(COC(=O)CCCCCCCCCCCCCCCCCCC/C=C\C/C=C\CCCCCCC)OC(=O)CCCCCCCCC/C=C\C/C=C\CCCCC. The predicted octanol–water partition coefficient (Wildman–Crippen LogP) is 23.2. The molecule has 0 amide bonds. The molecule has 0 saturated carbocycles. The first kappa shape index (κ1) is 75.3. The van der Waals surface area contributed by atoms with E-state index in [1.807, 2.05) is 0 Å². The number of rotatable bonds is 61. The van der Waals surface area contributed by atoms with Gasteiger partial charge in [0.2, 0.25) is 0 Å². The summed E-state index contributed by atoms with van der Waals surface area (Å²) in [5.74, 6) is -0.932. The molecule has 0 aliphatic rings. The van der Waals surface area contributed by atoms with E-state index in [0.717, 1.165) is 103 Å². The van der Waals surface area contributed by atoms with Crippen LogP contribution in [0.1, 0.15) is 329 Å². The average Bonchev–Trinajstić information content (AvgIpc) is 3.45. The van der Waals surface area contributed by atoms with Gasteiger partial charge in [-0.2, -0.15) is 0 Å². The summed E-state index contributed by atoms with van der Waals surface area (Å²) in [5, 5.41) is 0. The summed E-state index contributed by atoms with van der Waals surface area (Å²) in [4.78, 5) is 38.3. The zero-order valence-electron chi connectivity index (χ0n) is 52.1. The summed E-state index contributed by atoms with van der Waals surface area (Å²) in [5.41, 5.74) is 0. The molecule has 0 aromatic carbocycles. The molecule has 0 aliphatic heterocycles. The predicted molar refractivity (Wildman–Crippen MR) is 344 cm³/mol. The van der Waals surface area contributed by atoms with Gasteiger partial charge in [0.1, 0.15) is 13.2 Å². The Labute approximate surface area is 489 Å². The summed E-state index contributed by atoms with van der Waals surface area (Å²) in [6, 6.07) is 0. The fraction of sp³-hybridized carbons (Fsp3) is 0.740. The highest BCUT2D eigenvalue weighted by Gasteiger charge is 2.19. The van der Waals surface area contributed by atoms with Crippen LogP contribution in [0.15, 0.2) is 97.2 Å². The van der Waals surface area contributed by atoms with Gasteiger partial charge in [-0.15, -0.1) is 0 Å². The zero-order valence-corrected chi connectivity index (χ0v) is 52.1. The molecule has 0 aromatic heterocycles. The van der Waals surface area contributed by atoms with Gasteiger partial charge >= 0.3 is 17.9 Å². The summed E-state index contributed by atoms with van der Waals surface area (Å²) < 4.78 is 16.9. The molecular weight excluding hydrogens is 973 g/mol. The van der Waals surface area contributed by atoms with E-state index < -0.39 is 6.10 Å². The maximum atomic E-state index is 12.9. The monoisotopic (exact) mass is 1100 g/mol. The first-order valence-electron chi connectivity index (χ1n) is 33.7. The number of allylic oxidation sites excluding steroid dienone is 16. The third-order valence-corrected chi connectivity index (χ3v) is 14.5. The van der Waals surface area contributed by atoms with Crippen LogP contribution >= 0.6 is 0 Å². The number of unbranched alkanes of at least 4 members (excludes halogenated alkanes) is 34. The number of hydrogen-bond acceptors (Lipinski definition) is 6. The quantitative estimate of drug-likeness (QED) is 0.0261. The van der Waals surface area contributed by atoms with Crippen molar-refractivity contribution in [2.75, 3.05) is 13.2 Å². The Hall–Kier alpha value is -3.67. The second-order valence-corrected chi connectivity index (χ2v) is 22.3. The van der Waals surface area contributed by atoms with Crippen molar-refractivity contribution in [3.63, 3.8) is 0 Å². The zero-order chi connectivity index (χ0) is 57.1. The molecule has 0 heterocycles. The average molecular weight is 1100 g/mol. The van der Waals surface area contributed by atoms with Gasteiger partial charge in [-0.05, 0) is 122 Å². The van der Waals surface area contributed by atoms with Crippen LogP contribution < -0.4 is 0 Å². The lowest BCUT2D eigenvalue weighted by Crippen LogP contribution is -2.30. The molecule has 1 atom stereocenters. The van der Waals surface area contributed by atoms with Crippen molar-refractivity contribution >= 4 is 17.9 Å². The minimum absolute atomic E-state index is 0.0923. The molecule has 0 radical (unpaired) electrons. The first-order chi connectivity index (χ1) is 39.0. The number of hydrogen-bond donors (Lipinski definition) is 0. The van der Waals surface area contributed by atoms with E-state index in [-0.39, 0.29) is 31.1 Å². The van der Waals surface area contributed by atoms with Crippen LogP contribution in [0, 0.1) is 0 Å². The largest absolute Gasteiger partial charge is 0.462 e. The Morgan fingerprint density at radius 2 is 0.494 bits per heavy atom. The number of ether oxygens (including phenoxy) is 3. The van der Waals surface area contributed by atoms with Crippen molar-refractivity contribution in [3.05, 3.63) is 97.2 Å². The molecule has 454 valence electrons. The lowest BCUT2D eigenvalue weighted by Gasteiger charge is -2.18. The van der Waals surface area contributed by atoms with Gasteiger partial charge in [0.05, 0.1) is 0 Å². The van der Waals surface area contributed by atoms with Gasteiger partial charge in [0, 0.05) is 19.3 Å². The Balaban J connectivity index is 4.28. The second-order valence-electron chi connectivity index (χ2n) is 22.3. The van der Waals surface area contributed by atoms with E-state index in [4.69, 9.17) is 14.2 Å². The molecular formula is C73H126O6. The van der Waals surface area contributed by atoms with Gasteiger partial charge in [-0.1, -0.05) is 285 Å². The molecule has 0 rings (SSSR count). The molecule has 0 aliphatic carbocycles. The summed E-state index contributed by atoms with van der Waals surface area (Å²) in [7, 11) is 0. The van der Waals surface area contributed by atoms with E-state index in [1.54, 1.807) is 0 Å². The molecule has 0 bridgehead atoms. The highest BCUT2D eigenvalue weighted by Crippen LogP contribution is 2.17. The van der Waals surface area contributed by atoms with Crippen LogP contribution in [0.3, 0.4) is 0 Å². The van der Waals surface area contributed by atoms with Crippen LogP contribution in [0.4, 0.5) is 0 Å². The third kappa shape index (κ3) is 65.0. The van der Waals surface area contributed by atoms with Gasteiger partial charge in [-0.3, -0.25) is 14.4 Å².